The first-order chi connectivity index (χ1) is 13.1. The summed E-state index contributed by atoms with van der Waals surface area (Å²) < 4.78 is 1.56. The van der Waals surface area contributed by atoms with Crippen LogP contribution in [-0.4, -0.2) is 65.0 Å². The third-order valence-corrected chi connectivity index (χ3v) is 4.69. The smallest absolute Gasteiger partial charge is 0.326 e. The van der Waals surface area contributed by atoms with Crippen LogP contribution in [0.1, 0.15) is 25.0 Å². The number of fused-ring (bicyclic) bond motifs is 1. The summed E-state index contributed by atoms with van der Waals surface area (Å²) in [6, 6.07) is 0.252. The van der Waals surface area contributed by atoms with Crippen molar-refractivity contribution in [1.29, 1.82) is 0 Å². The van der Waals surface area contributed by atoms with Gasteiger partial charge in [0.1, 0.15) is 5.69 Å². The van der Waals surface area contributed by atoms with Crippen LogP contribution in [-0.2, 0) is 0 Å². The number of imidazole rings is 1. The molecule has 2 aliphatic rings. The number of rotatable bonds is 3. The fraction of sp³-hybridized carbons (Fsp3) is 0.438. The third kappa shape index (κ3) is 2.95. The molecule has 5 rings (SSSR count). The fourth-order valence-electron chi connectivity index (χ4n) is 3.13. The number of aliphatic hydroxyl groups is 1. The molecule has 11 heteroatoms. The second-order valence-electron chi connectivity index (χ2n) is 6.89. The number of aromatic amines is 2. The summed E-state index contributed by atoms with van der Waals surface area (Å²) in [6.45, 7) is 1.14. The van der Waals surface area contributed by atoms with Gasteiger partial charge < -0.3 is 20.1 Å². The molecule has 1 aliphatic heterocycles. The Morgan fingerprint density at radius 3 is 2.78 bits per heavy atom. The Bertz CT molecular complexity index is 1190. The number of β-amino-alcohol motifs (C(OH)–C–C–N with tert-alkyl or cyclic N) is 1. The predicted octanol–water partition coefficient (Wildman–Crippen LogP) is -1.97. The zero-order chi connectivity index (χ0) is 18.5. The number of anilines is 1. The first kappa shape index (κ1) is 16.0. The Kier molecular flexibility index (Phi) is 3.50. The van der Waals surface area contributed by atoms with Crippen molar-refractivity contribution < 1.29 is 10.2 Å². The average Bonchev–Trinajstić information content (AvgIpc) is 3.04. The molecule has 1 atom stereocenters. The van der Waals surface area contributed by atoms with Crippen molar-refractivity contribution in [2.75, 3.05) is 18.0 Å². The van der Waals surface area contributed by atoms with Gasteiger partial charge in [-0.05, 0) is 25.3 Å². The number of hydrogen-bond donors (Lipinski definition) is 4. The zero-order valence-corrected chi connectivity index (χ0v) is 14.3. The second-order valence-corrected chi connectivity index (χ2v) is 6.89. The molecule has 0 unspecified atom stereocenters. The maximum absolute atomic E-state index is 11.4. The van der Waals surface area contributed by atoms with Crippen LogP contribution in [0.2, 0.25) is 0 Å². The van der Waals surface area contributed by atoms with E-state index in [0.717, 1.165) is 12.8 Å². The molecule has 3 aromatic heterocycles. The minimum absolute atomic E-state index is 0.243. The predicted molar refractivity (Wildman–Crippen MR) is 94.1 cm³/mol. The second kappa shape index (κ2) is 5.91. The number of H-pyrrole nitrogens is 2. The maximum atomic E-state index is 11.4. The highest BCUT2D eigenvalue weighted by Gasteiger charge is 2.25. The first-order valence-corrected chi connectivity index (χ1v) is 8.82. The molecule has 0 amide bonds. The number of aromatic hydroxyl groups is 1. The van der Waals surface area contributed by atoms with Crippen LogP contribution >= 0.6 is 0 Å². The van der Waals surface area contributed by atoms with E-state index < -0.39 is 11.8 Å². The third-order valence-electron chi connectivity index (χ3n) is 4.69. The fourth-order valence-corrected chi connectivity index (χ4v) is 3.13. The summed E-state index contributed by atoms with van der Waals surface area (Å²) in [6.07, 6.45) is 5.51. The highest BCUT2D eigenvalue weighted by atomic mass is 16.3. The standard InChI is InChI=1S/C16H18N8O3/c25-10-3-4-23(7-10)14-20-12-8(5-11-13(26)21-16(27)19-11)6-17-24(12)15(22-14)18-9-1-2-9/h5-6,9-10,25-26H,1-4,7H2,(H2,19,21,27)/t10-/m1/s1. The molecule has 0 bridgehead atoms. The molecule has 1 saturated carbocycles. The summed E-state index contributed by atoms with van der Waals surface area (Å²) in [5.74, 6) is 0.236. The number of hydrogen-bond acceptors (Lipinski definition) is 8. The van der Waals surface area contributed by atoms with Crippen LogP contribution in [0.25, 0.3) is 11.7 Å². The average molecular weight is 370 g/mol. The molecule has 0 aromatic carbocycles. The van der Waals surface area contributed by atoms with Crippen LogP contribution in [0.15, 0.2) is 16.0 Å². The number of aromatic nitrogens is 6. The Hall–Kier alpha value is -3.21. The van der Waals surface area contributed by atoms with Crippen molar-refractivity contribution in [3.8, 4) is 5.88 Å². The Balaban J connectivity index is 1.71. The molecular formula is C16H18N8O3. The van der Waals surface area contributed by atoms with E-state index in [4.69, 9.17) is 0 Å². The van der Waals surface area contributed by atoms with Crippen molar-refractivity contribution in [3.05, 3.63) is 33.2 Å². The Labute approximate surface area is 151 Å². The van der Waals surface area contributed by atoms with Gasteiger partial charge in [-0.25, -0.2) is 9.79 Å². The van der Waals surface area contributed by atoms with Gasteiger partial charge in [-0.15, -0.1) is 0 Å². The maximum Gasteiger partial charge on any atom is 0.326 e. The molecule has 27 heavy (non-hydrogen) atoms. The first-order valence-electron chi connectivity index (χ1n) is 8.82. The van der Waals surface area contributed by atoms with Crippen molar-refractivity contribution in [3.63, 3.8) is 0 Å². The SMILES string of the molecule is O=c1[nH]c(O)c(C=c2cnn3c(=NC4CC4)nc(N4CC[C@@H](O)C4)nc23)[nH]1. The zero-order valence-electron chi connectivity index (χ0n) is 14.3. The normalized spacial score (nSPS) is 21.7. The van der Waals surface area contributed by atoms with Gasteiger partial charge in [-0.3, -0.25) is 4.98 Å². The molecule has 0 spiro atoms. The lowest BCUT2D eigenvalue weighted by molar-refractivity contribution is 0.198. The van der Waals surface area contributed by atoms with E-state index in [1.54, 1.807) is 16.8 Å². The van der Waals surface area contributed by atoms with E-state index >= 15 is 0 Å². The van der Waals surface area contributed by atoms with Crippen molar-refractivity contribution in [2.45, 2.75) is 31.4 Å². The summed E-state index contributed by atoms with van der Waals surface area (Å²) in [5, 5.41) is 24.6. The van der Waals surface area contributed by atoms with Crippen molar-refractivity contribution >= 4 is 17.7 Å². The van der Waals surface area contributed by atoms with Crippen LogP contribution in [0.5, 0.6) is 5.88 Å². The van der Waals surface area contributed by atoms with Crippen LogP contribution in [0.3, 0.4) is 0 Å². The van der Waals surface area contributed by atoms with Crippen molar-refractivity contribution in [2.24, 2.45) is 4.99 Å². The summed E-state index contributed by atoms with van der Waals surface area (Å²) >= 11 is 0. The van der Waals surface area contributed by atoms with E-state index in [2.05, 4.69) is 30.0 Å². The molecule has 1 aliphatic carbocycles. The molecule has 0 radical (unpaired) electrons. The van der Waals surface area contributed by atoms with Crippen molar-refractivity contribution in [1.82, 2.24) is 29.5 Å². The lowest BCUT2D eigenvalue weighted by Gasteiger charge is -2.14. The molecule has 3 aromatic rings. The van der Waals surface area contributed by atoms with Gasteiger partial charge in [0.15, 0.2) is 5.65 Å². The number of aliphatic hydroxyl groups excluding tert-OH is 1. The van der Waals surface area contributed by atoms with E-state index in [1.807, 2.05) is 4.90 Å². The minimum atomic E-state index is -0.499. The van der Waals surface area contributed by atoms with E-state index in [1.165, 1.54) is 0 Å². The topological polar surface area (TPSA) is 148 Å². The van der Waals surface area contributed by atoms with Gasteiger partial charge in [0.25, 0.3) is 5.62 Å². The van der Waals surface area contributed by atoms with E-state index in [9.17, 15) is 15.0 Å². The summed E-state index contributed by atoms with van der Waals surface area (Å²) in [5.41, 5.74) is 0.723. The minimum Gasteiger partial charge on any atom is -0.493 e. The number of nitrogens with one attached hydrogen (secondary N) is 2. The molecule has 140 valence electrons. The molecule has 4 N–H and O–H groups in total. The van der Waals surface area contributed by atoms with Gasteiger partial charge in [-0.2, -0.15) is 19.6 Å². The van der Waals surface area contributed by atoms with E-state index in [-0.39, 0.29) is 17.6 Å². The highest BCUT2D eigenvalue weighted by molar-refractivity contribution is 5.57. The quantitative estimate of drug-likeness (QED) is 0.418. The van der Waals surface area contributed by atoms with Gasteiger partial charge >= 0.3 is 5.69 Å². The highest BCUT2D eigenvalue weighted by Crippen LogP contribution is 2.22. The summed E-state index contributed by atoms with van der Waals surface area (Å²) in [7, 11) is 0. The van der Waals surface area contributed by atoms with E-state index in [0.29, 0.717) is 41.9 Å². The van der Waals surface area contributed by atoms with Crippen LogP contribution in [0.4, 0.5) is 5.95 Å². The lowest BCUT2D eigenvalue weighted by Crippen LogP contribution is -2.30. The molecule has 4 heterocycles. The van der Waals surface area contributed by atoms with Gasteiger partial charge in [0.05, 0.1) is 18.3 Å². The molecule has 2 fully saturated rings. The monoisotopic (exact) mass is 370 g/mol. The molecule has 11 nitrogen and oxygen atoms in total. The summed E-state index contributed by atoms with van der Waals surface area (Å²) in [4.78, 5) is 31.8. The Morgan fingerprint density at radius 1 is 1.26 bits per heavy atom. The Morgan fingerprint density at radius 2 is 2.11 bits per heavy atom. The van der Waals surface area contributed by atoms with Crippen LogP contribution < -0.4 is 21.4 Å². The van der Waals surface area contributed by atoms with Crippen LogP contribution in [0, 0.1) is 0 Å². The molecular weight excluding hydrogens is 352 g/mol. The largest absolute Gasteiger partial charge is 0.493 e. The number of nitrogens with zero attached hydrogens (tertiary/aromatic N) is 6. The molecule has 1 saturated heterocycles. The van der Waals surface area contributed by atoms with Gasteiger partial charge in [0.2, 0.25) is 11.8 Å². The van der Waals surface area contributed by atoms with Gasteiger partial charge in [-0.1, -0.05) is 0 Å². The lowest BCUT2D eigenvalue weighted by atomic mass is 10.3. The van der Waals surface area contributed by atoms with Gasteiger partial charge in [0, 0.05) is 18.3 Å².